The highest BCUT2D eigenvalue weighted by molar-refractivity contribution is 9.09. The Morgan fingerprint density at radius 3 is 2.62 bits per heavy atom. The molecule has 114 valence electrons. The maximum atomic E-state index is 12.4. The van der Waals surface area contributed by atoms with Crippen LogP contribution in [0.2, 0.25) is 0 Å². The Labute approximate surface area is 133 Å². The summed E-state index contributed by atoms with van der Waals surface area (Å²) < 4.78 is 5.28. The van der Waals surface area contributed by atoms with Crippen molar-refractivity contribution in [2.75, 3.05) is 50.1 Å². The van der Waals surface area contributed by atoms with Crippen LogP contribution in [0.4, 0.5) is 5.69 Å². The van der Waals surface area contributed by atoms with Gasteiger partial charge in [-0.1, -0.05) is 28.1 Å². The van der Waals surface area contributed by atoms with E-state index in [9.17, 15) is 9.59 Å². The van der Waals surface area contributed by atoms with Gasteiger partial charge in [0.25, 0.3) is 0 Å². The number of likely N-dealkylation sites (N-methyl/N-ethyl adjacent to an activating group) is 1. The van der Waals surface area contributed by atoms with Gasteiger partial charge in [0.15, 0.2) is 5.78 Å². The molecular weight excluding hydrogens is 336 g/mol. The molecule has 0 spiro atoms. The van der Waals surface area contributed by atoms with E-state index in [2.05, 4.69) is 20.8 Å². The van der Waals surface area contributed by atoms with E-state index in [1.807, 2.05) is 6.07 Å². The topological polar surface area (TPSA) is 49.9 Å². The number of rotatable bonds is 5. The van der Waals surface area contributed by atoms with Gasteiger partial charge < -0.3 is 9.64 Å². The number of ether oxygens (including phenoxy) is 1. The second kappa shape index (κ2) is 7.68. The summed E-state index contributed by atoms with van der Waals surface area (Å²) in [6, 6.07) is 7.18. The Kier molecular flexibility index (Phi) is 5.90. The second-order valence-corrected chi connectivity index (χ2v) is 5.48. The molecule has 1 aliphatic rings. The van der Waals surface area contributed by atoms with Gasteiger partial charge in [-0.15, -0.1) is 0 Å². The molecule has 1 aromatic rings. The lowest BCUT2D eigenvalue weighted by atomic mass is 10.1. The molecular formula is C15H19BrN2O3. The average molecular weight is 355 g/mol. The lowest BCUT2D eigenvalue weighted by Gasteiger charge is -2.28. The van der Waals surface area contributed by atoms with Crippen molar-refractivity contribution < 1.29 is 14.3 Å². The van der Waals surface area contributed by atoms with Crippen LogP contribution in [0.5, 0.6) is 0 Å². The van der Waals surface area contributed by atoms with Crippen LogP contribution < -0.4 is 4.90 Å². The summed E-state index contributed by atoms with van der Waals surface area (Å²) in [6.45, 7) is 3.20. The molecule has 0 aromatic heterocycles. The van der Waals surface area contributed by atoms with Crippen molar-refractivity contribution in [1.82, 2.24) is 4.90 Å². The summed E-state index contributed by atoms with van der Waals surface area (Å²) in [5.74, 6) is -0.0525. The van der Waals surface area contributed by atoms with E-state index >= 15 is 0 Å². The zero-order valence-electron chi connectivity index (χ0n) is 12.0. The smallest absolute Gasteiger partial charge is 0.240 e. The van der Waals surface area contributed by atoms with Gasteiger partial charge in [0.05, 0.1) is 30.8 Å². The number of Topliss-reactive ketones (excluding diaryl/α,β-unsaturated/α-hetero) is 1. The largest absolute Gasteiger partial charge is 0.379 e. The lowest BCUT2D eigenvalue weighted by molar-refractivity contribution is -0.120. The Bertz CT molecular complexity index is 515. The maximum Gasteiger partial charge on any atom is 0.240 e. The number of nitrogens with zero attached hydrogens (tertiary/aromatic N) is 2. The van der Waals surface area contributed by atoms with Crippen molar-refractivity contribution in [1.29, 1.82) is 0 Å². The number of morpholine rings is 1. The molecule has 1 aliphatic heterocycles. The number of anilines is 1. The van der Waals surface area contributed by atoms with Gasteiger partial charge in [0.2, 0.25) is 5.91 Å². The molecule has 0 bridgehead atoms. The number of hydrogen-bond donors (Lipinski definition) is 0. The predicted molar refractivity (Wildman–Crippen MR) is 85.2 cm³/mol. The van der Waals surface area contributed by atoms with Crippen LogP contribution in [-0.4, -0.2) is 61.8 Å². The molecule has 0 aliphatic carbocycles. The summed E-state index contributed by atoms with van der Waals surface area (Å²) in [5.41, 5.74) is 1.22. The van der Waals surface area contributed by atoms with Crippen molar-refractivity contribution in [2.45, 2.75) is 0 Å². The zero-order valence-corrected chi connectivity index (χ0v) is 13.6. The van der Waals surface area contributed by atoms with Crippen LogP contribution in [0.25, 0.3) is 0 Å². The van der Waals surface area contributed by atoms with Crippen molar-refractivity contribution in [3.05, 3.63) is 29.8 Å². The summed E-state index contributed by atoms with van der Waals surface area (Å²) in [7, 11) is 1.71. The molecule has 0 radical (unpaired) electrons. The van der Waals surface area contributed by atoms with E-state index in [0.717, 1.165) is 13.1 Å². The molecule has 0 atom stereocenters. The van der Waals surface area contributed by atoms with Gasteiger partial charge in [-0.3, -0.25) is 14.5 Å². The fourth-order valence-corrected chi connectivity index (χ4v) is 2.57. The zero-order chi connectivity index (χ0) is 15.2. The number of carbonyl (C=O) groups excluding carboxylic acids is 2. The van der Waals surface area contributed by atoms with E-state index < -0.39 is 0 Å². The average Bonchev–Trinajstić information content (AvgIpc) is 2.54. The number of carbonyl (C=O) groups is 2. The summed E-state index contributed by atoms with van der Waals surface area (Å²) in [6.07, 6.45) is 0. The summed E-state index contributed by atoms with van der Waals surface area (Å²) >= 11 is 3.18. The van der Waals surface area contributed by atoms with Crippen LogP contribution in [0, 0.1) is 0 Å². The maximum absolute atomic E-state index is 12.4. The second-order valence-electron chi connectivity index (χ2n) is 4.92. The first-order chi connectivity index (χ1) is 10.1. The van der Waals surface area contributed by atoms with Gasteiger partial charge in [-0.2, -0.15) is 0 Å². The summed E-state index contributed by atoms with van der Waals surface area (Å²) in [4.78, 5) is 28.0. The highest BCUT2D eigenvalue weighted by Gasteiger charge is 2.20. The monoisotopic (exact) mass is 354 g/mol. The molecule has 1 heterocycles. The minimum absolute atomic E-state index is 0.0216. The van der Waals surface area contributed by atoms with Crippen molar-refractivity contribution in [3.63, 3.8) is 0 Å². The molecule has 2 rings (SSSR count). The van der Waals surface area contributed by atoms with Gasteiger partial charge in [0.1, 0.15) is 0 Å². The van der Waals surface area contributed by atoms with Gasteiger partial charge >= 0.3 is 0 Å². The van der Waals surface area contributed by atoms with E-state index in [-0.39, 0.29) is 17.0 Å². The number of hydrogen-bond acceptors (Lipinski definition) is 4. The first-order valence-corrected chi connectivity index (χ1v) is 8.00. The molecule has 21 heavy (non-hydrogen) atoms. The molecule has 1 aromatic carbocycles. The van der Waals surface area contributed by atoms with E-state index in [0.29, 0.717) is 31.0 Å². The third kappa shape index (κ3) is 4.12. The molecule has 1 saturated heterocycles. The molecule has 1 amide bonds. The number of halogens is 1. The summed E-state index contributed by atoms with van der Waals surface area (Å²) in [5, 5.41) is 0.246. The SMILES string of the molecule is CN(C(=O)CN1CCOCC1)c1ccccc1C(=O)CBr. The van der Waals surface area contributed by atoms with Crippen molar-refractivity contribution in [3.8, 4) is 0 Å². The standard InChI is InChI=1S/C15H19BrN2O3/c1-17(15(20)11-18-6-8-21-9-7-18)13-5-3-2-4-12(13)14(19)10-16/h2-5H,6-11H2,1H3. The molecule has 0 unspecified atom stereocenters. The number of alkyl halides is 1. The van der Waals surface area contributed by atoms with Crippen molar-refractivity contribution >= 4 is 33.3 Å². The van der Waals surface area contributed by atoms with Crippen molar-refractivity contribution in [2.24, 2.45) is 0 Å². The number of para-hydroxylation sites is 1. The van der Waals surface area contributed by atoms with Crippen LogP contribution >= 0.6 is 15.9 Å². The van der Waals surface area contributed by atoms with Gasteiger partial charge in [0, 0.05) is 25.7 Å². The van der Waals surface area contributed by atoms with E-state index in [4.69, 9.17) is 4.74 Å². The molecule has 0 saturated carbocycles. The van der Waals surface area contributed by atoms with E-state index in [1.165, 1.54) is 0 Å². The van der Waals surface area contributed by atoms with Crippen LogP contribution in [0.3, 0.4) is 0 Å². The van der Waals surface area contributed by atoms with Crippen LogP contribution in [0.15, 0.2) is 24.3 Å². The molecule has 6 heteroatoms. The molecule has 1 fully saturated rings. The fourth-order valence-electron chi connectivity index (χ4n) is 2.26. The Hall–Kier alpha value is -1.24. The number of amides is 1. The number of ketones is 1. The Balaban J connectivity index is 2.09. The minimum atomic E-state index is -0.0309. The highest BCUT2D eigenvalue weighted by atomic mass is 79.9. The first-order valence-electron chi connectivity index (χ1n) is 6.88. The fraction of sp³-hybridized carbons (Fsp3) is 0.467. The normalized spacial score (nSPS) is 15.7. The van der Waals surface area contributed by atoms with E-state index in [1.54, 1.807) is 30.1 Å². The predicted octanol–water partition coefficient (Wildman–Crippen LogP) is 1.56. The highest BCUT2D eigenvalue weighted by Crippen LogP contribution is 2.20. The van der Waals surface area contributed by atoms with Crippen LogP contribution in [0.1, 0.15) is 10.4 Å². The Morgan fingerprint density at radius 2 is 1.95 bits per heavy atom. The van der Waals surface area contributed by atoms with Gasteiger partial charge in [-0.25, -0.2) is 0 Å². The Morgan fingerprint density at radius 1 is 1.29 bits per heavy atom. The third-order valence-corrected chi connectivity index (χ3v) is 4.03. The minimum Gasteiger partial charge on any atom is -0.379 e. The van der Waals surface area contributed by atoms with Gasteiger partial charge in [-0.05, 0) is 12.1 Å². The first kappa shape index (κ1) is 16.1. The number of benzene rings is 1. The van der Waals surface area contributed by atoms with Crippen LogP contribution in [-0.2, 0) is 9.53 Å². The third-order valence-electron chi connectivity index (χ3n) is 3.52. The quantitative estimate of drug-likeness (QED) is 0.594. The molecule has 0 N–H and O–H groups in total. The lowest BCUT2D eigenvalue weighted by Crippen LogP contribution is -2.44. The molecule has 5 nitrogen and oxygen atoms in total.